The molecule has 1 atom stereocenters. The van der Waals surface area contributed by atoms with E-state index in [0.717, 1.165) is 11.1 Å². The first-order valence-corrected chi connectivity index (χ1v) is 8.60. The molecule has 1 amide bonds. The third-order valence-electron chi connectivity index (χ3n) is 4.51. The van der Waals surface area contributed by atoms with E-state index in [1.165, 1.54) is 33.8 Å². The molecule has 3 rings (SSSR count). The summed E-state index contributed by atoms with van der Waals surface area (Å²) in [5.74, 6) is -0.636. The molecule has 6 heteroatoms. The van der Waals surface area contributed by atoms with Crippen LogP contribution in [0.2, 0.25) is 0 Å². The van der Waals surface area contributed by atoms with Crippen LogP contribution in [-0.4, -0.2) is 27.6 Å². The Kier molecular flexibility index (Phi) is 5.45. The summed E-state index contributed by atoms with van der Waals surface area (Å²) in [6, 6.07) is 18.0. The highest BCUT2D eigenvalue weighted by molar-refractivity contribution is 5.92. The van der Waals surface area contributed by atoms with Crippen molar-refractivity contribution in [3.05, 3.63) is 99.7 Å². The zero-order valence-electron chi connectivity index (χ0n) is 15.2. The van der Waals surface area contributed by atoms with Crippen LogP contribution in [0.1, 0.15) is 34.6 Å². The van der Waals surface area contributed by atoms with E-state index in [0.29, 0.717) is 0 Å². The highest BCUT2D eigenvalue weighted by Gasteiger charge is 2.21. The van der Waals surface area contributed by atoms with Crippen LogP contribution in [0.4, 0.5) is 4.39 Å². The lowest BCUT2D eigenvalue weighted by atomic mass is 10.1. The van der Waals surface area contributed by atoms with Gasteiger partial charge in [0.2, 0.25) is 0 Å². The van der Waals surface area contributed by atoms with Crippen molar-refractivity contribution >= 4 is 5.91 Å². The second kappa shape index (κ2) is 7.95. The van der Waals surface area contributed by atoms with Crippen molar-refractivity contribution in [1.29, 1.82) is 0 Å². The largest absolute Gasteiger partial charge is 0.334 e. The fourth-order valence-electron chi connectivity index (χ4n) is 2.75. The van der Waals surface area contributed by atoms with Crippen LogP contribution in [0, 0.1) is 5.82 Å². The van der Waals surface area contributed by atoms with Crippen molar-refractivity contribution in [3.8, 4) is 0 Å². The van der Waals surface area contributed by atoms with Gasteiger partial charge in [0.25, 0.3) is 11.5 Å². The van der Waals surface area contributed by atoms with E-state index in [2.05, 4.69) is 5.10 Å². The summed E-state index contributed by atoms with van der Waals surface area (Å²) >= 11 is 0. The lowest BCUT2D eigenvalue weighted by Gasteiger charge is -2.25. The molecule has 27 heavy (non-hydrogen) atoms. The maximum absolute atomic E-state index is 13.1. The van der Waals surface area contributed by atoms with Crippen LogP contribution in [-0.2, 0) is 6.54 Å². The molecular formula is C21H20FN3O2. The van der Waals surface area contributed by atoms with Crippen molar-refractivity contribution in [3.63, 3.8) is 0 Å². The average Bonchev–Trinajstić information content (AvgIpc) is 2.69. The Labute approximate surface area is 156 Å². The Morgan fingerprint density at radius 2 is 1.74 bits per heavy atom. The van der Waals surface area contributed by atoms with Crippen molar-refractivity contribution in [2.75, 3.05) is 7.05 Å². The van der Waals surface area contributed by atoms with Crippen LogP contribution < -0.4 is 5.56 Å². The molecule has 0 saturated heterocycles. The minimum Gasteiger partial charge on any atom is -0.334 e. The molecular weight excluding hydrogens is 345 g/mol. The van der Waals surface area contributed by atoms with Crippen LogP contribution >= 0.6 is 0 Å². The van der Waals surface area contributed by atoms with Gasteiger partial charge in [-0.15, -0.1) is 0 Å². The van der Waals surface area contributed by atoms with Crippen molar-refractivity contribution < 1.29 is 9.18 Å². The fourth-order valence-corrected chi connectivity index (χ4v) is 2.75. The summed E-state index contributed by atoms with van der Waals surface area (Å²) in [7, 11) is 1.66. The molecule has 1 heterocycles. The van der Waals surface area contributed by atoms with Gasteiger partial charge in [-0.05, 0) is 36.2 Å². The quantitative estimate of drug-likeness (QED) is 0.697. The SMILES string of the molecule is C[C@H](c1ccc(F)cc1)N(C)C(=O)c1ccc(=O)n(Cc2ccccc2)n1. The van der Waals surface area contributed by atoms with E-state index in [4.69, 9.17) is 0 Å². The number of rotatable bonds is 5. The summed E-state index contributed by atoms with van der Waals surface area (Å²) < 4.78 is 14.4. The second-order valence-electron chi connectivity index (χ2n) is 6.34. The third-order valence-corrected chi connectivity index (χ3v) is 4.51. The maximum atomic E-state index is 13.1. The van der Waals surface area contributed by atoms with Crippen molar-refractivity contribution in [2.45, 2.75) is 19.5 Å². The number of amides is 1. The Morgan fingerprint density at radius 3 is 2.41 bits per heavy atom. The van der Waals surface area contributed by atoms with Crippen LogP contribution in [0.15, 0.2) is 71.5 Å². The van der Waals surface area contributed by atoms with E-state index in [1.807, 2.05) is 37.3 Å². The topological polar surface area (TPSA) is 55.2 Å². The molecule has 5 nitrogen and oxygen atoms in total. The Bertz CT molecular complexity index is 984. The summed E-state index contributed by atoms with van der Waals surface area (Å²) in [5, 5.41) is 4.23. The molecule has 0 bridgehead atoms. The van der Waals surface area contributed by atoms with Crippen molar-refractivity contribution in [2.24, 2.45) is 0 Å². The molecule has 0 aliphatic heterocycles. The van der Waals surface area contributed by atoms with Gasteiger partial charge in [-0.3, -0.25) is 9.59 Å². The first-order chi connectivity index (χ1) is 13.0. The Balaban J connectivity index is 1.82. The lowest BCUT2D eigenvalue weighted by molar-refractivity contribution is 0.0734. The highest BCUT2D eigenvalue weighted by atomic mass is 19.1. The standard InChI is InChI=1S/C21H20FN3O2/c1-15(17-8-10-18(22)11-9-17)24(2)21(27)19-12-13-20(26)25(23-19)14-16-6-4-3-5-7-16/h3-13,15H,14H2,1-2H3/t15-/m1/s1. The minimum absolute atomic E-state index is 0.182. The van der Waals surface area contributed by atoms with Crippen LogP contribution in [0.3, 0.4) is 0 Å². The van der Waals surface area contributed by atoms with Gasteiger partial charge in [0.05, 0.1) is 12.6 Å². The summed E-state index contributed by atoms with van der Waals surface area (Å²) in [5.41, 5.74) is 1.64. The van der Waals surface area contributed by atoms with Gasteiger partial charge >= 0.3 is 0 Å². The number of carbonyl (C=O) groups is 1. The molecule has 0 N–H and O–H groups in total. The van der Waals surface area contributed by atoms with E-state index in [-0.39, 0.29) is 35.6 Å². The number of hydrogen-bond donors (Lipinski definition) is 0. The third kappa shape index (κ3) is 4.28. The van der Waals surface area contributed by atoms with Gasteiger partial charge in [0.15, 0.2) is 0 Å². The van der Waals surface area contributed by atoms with E-state index in [1.54, 1.807) is 19.2 Å². The summed E-state index contributed by atoms with van der Waals surface area (Å²) in [6.45, 7) is 2.14. The van der Waals surface area contributed by atoms with Crippen molar-refractivity contribution in [1.82, 2.24) is 14.7 Å². The van der Waals surface area contributed by atoms with E-state index >= 15 is 0 Å². The molecule has 0 unspecified atom stereocenters. The van der Waals surface area contributed by atoms with Crippen LogP contribution in [0.5, 0.6) is 0 Å². The molecule has 2 aromatic carbocycles. The predicted molar refractivity (Wildman–Crippen MR) is 101 cm³/mol. The second-order valence-corrected chi connectivity index (χ2v) is 6.34. The summed E-state index contributed by atoms with van der Waals surface area (Å²) in [4.78, 5) is 26.4. The number of hydrogen-bond acceptors (Lipinski definition) is 3. The van der Waals surface area contributed by atoms with Crippen LogP contribution in [0.25, 0.3) is 0 Å². The van der Waals surface area contributed by atoms with Gasteiger partial charge in [-0.1, -0.05) is 42.5 Å². The van der Waals surface area contributed by atoms with Gasteiger partial charge in [0, 0.05) is 13.1 Å². The normalized spacial score (nSPS) is 11.8. The number of nitrogens with zero attached hydrogens (tertiary/aromatic N) is 3. The summed E-state index contributed by atoms with van der Waals surface area (Å²) in [6.07, 6.45) is 0. The molecule has 0 spiro atoms. The minimum atomic E-state index is -0.324. The molecule has 0 aliphatic rings. The van der Waals surface area contributed by atoms with Gasteiger partial charge in [-0.25, -0.2) is 9.07 Å². The number of benzene rings is 2. The first kappa shape index (κ1) is 18.5. The highest BCUT2D eigenvalue weighted by Crippen LogP contribution is 2.20. The maximum Gasteiger partial charge on any atom is 0.274 e. The predicted octanol–water partition coefficient (Wildman–Crippen LogP) is 3.26. The van der Waals surface area contributed by atoms with E-state index < -0.39 is 0 Å². The molecule has 138 valence electrons. The molecule has 3 aromatic rings. The fraction of sp³-hybridized carbons (Fsp3) is 0.190. The van der Waals surface area contributed by atoms with Gasteiger partial charge in [0.1, 0.15) is 11.5 Å². The zero-order chi connectivity index (χ0) is 19.4. The molecule has 1 aromatic heterocycles. The number of carbonyl (C=O) groups excluding carboxylic acids is 1. The lowest BCUT2D eigenvalue weighted by Crippen LogP contribution is -2.33. The monoisotopic (exact) mass is 365 g/mol. The molecule has 0 aliphatic carbocycles. The van der Waals surface area contributed by atoms with Gasteiger partial charge < -0.3 is 4.90 Å². The number of aromatic nitrogens is 2. The molecule has 0 fully saturated rings. The van der Waals surface area contributed by atoms with Gasteiger partial charge in [-0.2, -0.15) is 5.10 Å². The first-order valence-electron chi connectivity index (χ1n) is 8.60. The Hall–Kier alpha value is -3.28. The average molecular weight is 365 g/mol. The molecule has 0 saturated carbocycles. The molecule has 0 radical (unpaired) electrons. The Morgan fingerprint density at radius 1 is 1.07 bits per heavy atom. The zero-order valence-corrected chi connectivity index (χ0v) is 15.2. The smallest absolute Gasteiger partial charge is 0.274 e. The van der Waals surface area contributed by atoms with E-state index in [9.17, 15) is 14.0 Å². The number of halogens is 1.